The number of unbranched alkanes of at least 4 members (excludes halogenated alkanes) is 5. The maximum absolute atomic E-state index is 11.1. The van der Waals surface area contributed by atoms with Crippen molar-refractivity contribution in [2.45, 2.75) is 83.5 Å². The van der Waals surface area contributed by atoms with E-state index in [0.29, 0.717) is 0 Å². The van der Waals surface area contributed by atoms with Crippen molar-refractivity contribution >= 4 is 0 Å². The van der Waals surface area contributed by atoms with Gasteiger partial charge < -0.3 is 9.47 Å². The second kappa shape index (κ2) is 11.4. The van der Waals surface area contributed by atoms with Crippen LogP contribution in [0.25, 0.3) is 0 Å². The molecular weight excluding hydrogens is 242 g/mol. The minimum atomic E-state index is -0.830. The van der Waals surface area contributed by atoms with Crippen LogP contribution in [0.1, 0.15) is 71.6 Å². The van der Waals surface area contributed by atoms with E-state index in [2.05, 4.69) is 19.0 Å². The van der Waals surface area contributed by atoms with Crippen molar-refractivity contribution < 1.29 is 9.47 Å². The SMILES string of the molecule is CCCCCCC(OC)(OC)C(CCCCC)N=O. The van der Waals surface area contributed by atoms with Crippen LogP contribution in [0.3, 0.4) is 0 Å². The molecule has 0 aromatic rings. The fourth-order valence-corrected chi connectivity index (χ4v) is 2.46. The Morgan fingerprint density at radius 3 is 2.00 bits per heavy atom. The molecule has 1 atom stereocenters. The largest absolute Gasteiger partial charge is 0.351 e. The first-order valence-corrected chi connectivity index (χ1v) is 7.63. The monoisotopic (exact) mass is 273 g/mol. The molecule has 0 saturated carbocycles. The zero-order valence-corrected chi connectivity index (χ0v) is 13.1. The highest BCUT2D eigenvalue weighted by Gasteiger charge is 2.39. The van der Waals surface area contributed by atoms with Gasteiger partial charge in [0.25, 0.3) is 0 Å². The quantitative estimate of drug-likeness (QED) is 0.278. The van der Waals surface area contributed by atoms with Gasteiger partial charge in [0.2, 0.25) is 0 Å². The molecule has 0 bridgehead atoms. The van der Waals surface area contributed by atoms with Crippen LogP contribution in [0.15, 0.2) is 5.18 Å². The molecule has 0 heterocycles. The van der Waals surface area contributed by atoms with Gasteiger partial charge in [-0.05, 0) is 12.8 Å². The van der Waals surface area contributed by atoms with E-state index in [-0.39, 0.29) is 0 Å². The molecule has 0 rings (SSSR count). The van der Waals surface area contributed by atoms with E-state index in [1.165, 1.54) is 12.8 Å². The Morgan fingerprint density at radius 2 is 1.53 bits per heavy atom. The average molecular weight is 273 g/mol. The highest BCUT2D eigenvalue weighted by molar-refractivity contribution is 4.85. The van der Waals surface area contributed by atoms with Gasteiger partial charge in [-0.15, -0.1) is 0 Å². The zero-order valence-electron chi connectivity index (χ0n) is 13.1. The van der Waals surface area contributed by atoms with Crippen molar-refractivity contribution in [3.8, 4) is 0 Å². The number of nitrogens with zero attached hydrogens (tertiary/aromatic N) is 1. The van der Waals surface area contributed by atoms with Gasteiger partial charge in [-0.3, -0.25) is 0 Å². The Bertz CT molecular complexity index is 217. The summed E-state index contributed by atoms with van der Waals surface area (Å²) in [6, 6.07) is -0.407. The van der Waals surface area contributed by atoms with Gasteiger partial charge >= 0.3 is 0 Å². The van der Waals surface area contributed by atoms with Crippen LogP contribution >= 0.6 is 0 Å². The van der Waals surface area contributed by atoms with E-state index in [9.17, 15) is 4.91 Å². The molecule has 4 heteroatoms. The molecule has 0 aliphatic carbocycles. The molecule has 0 aliphatic rings. The van der Waals surface area contributed by atoms with Gasteiger partial charge in [-0.1, -0.05) is 57.5 Å². The van der Waals surface area contributed by atoms with Crippen LogP contribution in [-0.4, -0.2) is 26.0 Å². The van der Waals surface area contributed by atoms with Crippen molar-refractivity contribution in [1.29, 1.82) is 0 Å². The van der Waals surface area contributed by atoms with Crippen molar-refractivity contribution in [2.24, 2.45) is 5.18 Å². The van der Waals surface area contributed by atoms with E-state index in [4.69, 9.17) is 9.47 Å². The van der Waals surface area contributed by atoms with Gasteiger partial charge in [0.15, 0.2) is 5.79 Å². The summed E-state index contributed by atoms with van der Waals surface area (Å²) in [5.41, 5.74) is 0. The van der Waals surface area contributed by atoms with Crippen LogP contribution in [0.5, 0.6) is 0 Å². The van der Waals surface area contributed by atoms with Gasteiger partial charge in [-0.25, -0.2) is 0 Å². The number of hydrogen-bond donors (Lipinski definition) is 0. The van der Waals surface area contributed by atoms with Gasteiger partial charge in [0, 0.05) is 20.6 Å². The number of hydrogen-bond acceptors (Lipinski definition) is 4. The van der Waals surface area contributed by atoms with Crippen LogP contribution in [0.2, 0.25) is 0 Å². The molecule has 0 radical (unpaired) electrons. The standard InChI is InChI=1S/C15H31NO3/c1-5-7-9-11-13-15(18-3,19-4)14(16-17)12-10-8-6-2/h14H,5-13H2,1-4H3. The van der Waals surface area contributed by atoms with Crippen LogP contribution in [-0.2, 0) is 9.47 Å². The van der Waals surface area contributed by atoms with Gasteiger partial charge in [0.05, 0.1) is 0 Å². The summed E-state index contributed by atoms with van der Waals surface area (Å²) in [5, 5.41) is 3.27. The Hall–Kier alpha value is -0.480. The maximum atomic E-state index is 11.1. The minimum absolute atomic E-state index is 0.407. The molecule has 0 fully saturated rings. The molecule has 4 nitrogen and oxygen atoms in total. The summed E-state index contributed by atoms with van der Waals surface area (Å²) in [6.45, 7) is 4.33. The lowest BCUT2D eigenvalue weighted by molar-refractivity contribution is -0.225. The fourth-order valence-electron chi connectivity index (χ4n) is 2.46. The highest BCUT2D eigenvalue weighted by atomic mass is 16.7. The third-order valence-corrected chi connectivity index (χ3v) is 3.79. The Balaban J connectivity index is 4.47. The zero-order chi connectivity index (χ0) is 14.6. The van der Waals surface area contributed by atoms with E-state index in [1.807, 2.05) is 0 Å². The van der Waals surface area contributed by atoms with Crippen molar-refractivity contribution in [2.75, 3.05) is 14.2 Å². The summed E-state index contributed by atoms with van der Waals surface area (Å²) in [4.78, 5) is 11.1. The normalized spacial score (nSPS) is 13.5. The van der Waals surface area contributed by atoms with Crippen molar-refractivity contribution in [1.82, 2.24) is 0 Å². The van der Waals surface area contributed by atoms with E-state index < -0.39 is 11.8 Å². The Labute approximate surface area is 118 Å². The summed E-state index contributed by atoms with van der Waals surface area (Å²) < 4.78 is 11.1. The maximum Gasteiger partial charge on any atom is 0.193 e. The average Bonchev–Trinajstić information content (AvgIpc) is 2.45. The Kier molecular flexibility index (Phi) is 11.1. The lowest BCUT2D eigenvalue weighted by Gasteiger charge is -2.34. The minimum Gasteiger partial charge on any atom is -0.351 e. The molecule has 0 aromatic carbocycles. The molecule has 1 unspecified atom stereocenters. The van der Waals surface area contributed by atoms with Crippen LogP contribution in [0, 0.1) is 4.91 Å². The highest BCUT2D eigenvalue weighted by Crippen LogP contribution is 2.29. The van der Waals surface area contributed by atoms with Crippen molar-refractivity contribution in [3.63, 3.8) is 0 Å². The number of ether oxygens (including phenoxy) is 2. The topological polar surface area (TPSA) is 47.9 Å². The molecule has 0 aromatic heterocycles. The molecule has 19 heavy (non-hydrogen) atoms. The van der Waals surface area contributed by atoms with Crippen molar-refractivity contribution in [3.05, 3.63) is 4.91 Å². The molecule has 0 aliphatic heterocycles. The van der Waals surface area contributed by atoms with E-state index in [0.717, 1.165) is 44.9 Å². The molecule has 114 valence electrons. The predicted octanol–water partition coefficient (Wildman–Crippen LogP) is 4.66. The Morgan fingerprint density at radius 1 is 0.947 bits per heavy atom. The van der Waals surface area contributed by atoms with E-state index in [1.54, 1.807) is 14.2 Å². The lowest BCUT2D eigenvalue weighted by atomic mass is 9.95. The molecule has 0 spiro atoms. The number of rotatable bonds is 13. The van der Waals surface area contributed by atoms with Gasteiger partial charge in [0.1, 0.15) is 6.04 Å². The number of methoxy groups -OCH3 is 2. The third-order valence-electron chi connectivity index (χ3n) is 3.79. The molecule has 0 saturated heterocycles. The van der Waals surface area contributed by atoms with Crippen LogP contribution < -0.4 is 0 Å². The second-order valence-corrected chi connectivity index (χ2v) is 5.15. The second-order valence-electron chi connectivity index (χ2n) is 5.15. The first-order chi connectivity index (χ1) is 9.20. The summed E-state index contributed by atoms with van der Waals surface area (Å²) >= 11 is 0. The van der Waals surface area contributed by atoms with Gasteiger partial charge in [-0.2, -0.15) is 4.91 Å². The summed E-state index contributed by atoms with van der Waals surface area (Å²) in [5.74, 6) is -0.830. The lowest BCUT2D eigenvalue weighted by Crippen LogP contribution is -2.45. The molecular formula is C15H31NO3. The third kappa shape index (κ3) is 6.48. The summed E-state index contributed by atoms with van der Waals surface area (Å²) in [6.07, 6.45) is 9.28. The fraction of sp³-hybridized carbons (Fsp3) is 1.00. The molecule has 0 amide bonds. The predicted molar refractivity (Wildman–Crippen MR) is 79.2 cm³/mol. The number of nitroso groups, excluding NO2 is 1. The summed E-state index contributed by atoms with van der Waals surface area (Å²) in [7, 11) is 3.22. The van der Waals surface area contributed by atoms with Crippen LogP contribution in [0.4, 0.5) is 0 Å². The first kappa shape index (κ1) is 18.5. The first-order valence-electron chi connectivity index (χ1n) is 7.63. The van der Waals surface area contributed by atoms with E-state index >= 15 is 0 Å². The molecule has 0 N–H and O–H groups in total. The smallest absolute Gasteiger partial charge is 0.193 e.